The number of anilines is 2. The first-order valence-corrected chi connectivity index (χ1v) is 14.2. The van der Waals surface area contributed by atoms with Crippen molar-refractivity contribution in [2.75, 3.05) is 16.4 Å². The quantitative estimate of drug-likeness (QED) is 0.146. The molecule has 3 aromatic carbocycles. The monoisotopic (exact) mass is 624 g/mol. The molecular weight excluding hydrogens is 603 g/mol. The maximum absolute atomic E-state index is 14.2. The number of amides is 3. The molecule has 0 spiro atoms. The minimum Gasteiger partial charge on any atom is -0.321 e. The molecule has 0 unspecified atom stereocenters. The fourth-order valence-electron chi connectivity index (χ4n) is 3.27. The van der Waals surface area contributed by atoms with Crippen LogP contribution in [0.4, 0.5) is 15.2 Å². The van der Waals surface area contributed by atoms with E-state index in [1.54, 1.807) is 54.6 Å². The molecular formula is C28H22BrFN4O3S2. The molecule has 0 atom stereocenters. The molecule has 3 amide bonds. The third kappa shape index (κ3) is 8.34. The fourth-order valence-corrected chi connectivity index (χ4v) is 4.93. The number of halogens is 2. The average molecular weight is 626 g/mol. The van der Waals surface area contributed by atoms with Gasteiger partial charge >= 0.3 is 0 Å². The lowest BCUT2D eigenvalue weighted by molar-refractivity contribution is -0.114. The van der Waals surface area contributed by atoms with Crippen LogP contribution in [0.3, 0.4) is 0 Å². The number of aryl methyl sites for hydroxylation is 1. The Morgan fingerprint density at radius 3 is 2.38 bits per heavy atom. The summed E-state index contributed by atoms with van der Waals surface area (Å²) >= 11 is 6.08. The molecule has 39 heavy (non-hydrogen) atoms. The maximum atomic E-state index is 14.2. The Balaban J connectivity index is 1.42. The van der Waals surface area contributed by atoms with E-state index < -0.39 is 17.6 Å². The summed E-state index contributed by atoms with van der Waals surface area (Å²) in [5, 5.41) is 10.5. The first-order chi connectivity index (χ1) is 18.8. The predicted molar refractivity (Wildman–Crippen MR) is 157 cm³/mol. The molecule has 0 bridgehead atoms. The lowest BCUT2D eigenvalue weighted by Gasteiger charge is -2.12. The topological polar surface area (TPSA) is 100 Å². The van der Waals surface area contributed by atoms with Gasteiger partial charge in [0.05, 0.1) is 17.0 Å². The average Bonchev–Trinajstić information content (AvgIpc) is 3.33. The summed E-state index contributed by atoms with van der Waals surface area (Å²) in [5.74, 6) is -1.99. The van der Waals surface area contributed by atoms with E-state index in [1.807, 2.05) is 12.3 Å². The van der Waals surface area contributed by atoms with E-state index in [2.05, 4.69) is 36.9 Å². The first kappa shape index (κ1) is 28.2. The van der Waals surface area contributed by atoms with E-state index in [1.165, 1.54) is 47.4 Å². The number of hydrogen-bond acceptors (Lipinski definition) is 6. The lowest BCUT2D eigenvalue weighted by atomic mass is 10.1. The molecule has 198 valence electrons. The molecule has 3 N–H and O–H groups in total. The fraction of sp³-hybridized carbons (Fsp3) is 0.0714. The van der Waals surface area contributed by atoms with Crippen molar-refractivity contribution >= 4 is 73.6 Å². The number of rotatable bonds is 9. The second-order valence-electron chi connectivity index (χ2n) is 8.15. The summed E-state index contributed by atoms with van der Waals surface area (Å²) in [6.07, 6.45) is 1.51. The van der Waals surface area contributed by atoms with Crippen LogP contribution >= 0.6 is 39.0 Å². The Hall–Kier alpha value is -3.80. The number of hydrogen-bond donors (Lipinski definition) is 3. The number of carbonyl (C=O) groups excluding carboxylic acids is 3. The van der Waals surface area contributed by atoms with Crippen LogP contribution < -0.4 is 16.0 Å². The number of aromatic nitrogens is 1. The number of benzene rings is 3. The third-order valence-electron chi connectivity index (χ3n) is 5.14. The highest BCUT2D eigenvalue weighted by Crippen LogP contribution is 2.22. The van der Waals surface area contributed by atoms with Gasteiger partial charge in [0.15, 0.2) is 5.13 Å². The maximum Gasteiger partial charge on any atom is 0.272 e. The molecule has 1 aromatic heterocycles. The van der Waals surface area contributed by atoms with Crippen LogP contribution in [0.2, 0.25) is 0 Å². The van der Waals surface area contributed by atoms with Gasteiger partial charge in [-0.3, -0.25) is 14.4 Å². The molecule has 1 heterocycles. The zero-order valence-electron chi connectivity index (χ0n) is 20.5. The molecule has 0 saturated carbocycles. The van der Waals surface area contributed by atoms with Crippen molar-refractivity contribution in [2.24, 2.45) is 0 Å². The number of nitrogens with one attached hydrogen (secondary N) is 3. The van der Waals surface area contributed by atoms with Crippen LogP contribution in [0, 0.1) is 12.7 Å². The van der Waals surface area contributed by atoms with Crippen molar-refractivity contribution in [3.05, 3.63) is 111 Å². The van der Waals surface area contributed by atoms with Crippen LogP contribution in [0.25, 0.3) is 6.08 Å². The van der Waals surface area contributed by atoms with Crippen LogP contribution in [0.5, 0.6) is 0 Å². The second kappa shape index (κ2) is 13.3. The van der Waals surface area contributed by atoms with Gasteiger partial charge in [-0.2, -0.15) is 0 Å². The van der Waals surface area contributed by atoms with Crippen LogP contribution in [0.1, 0.15) is 21.6 Å². The van der Waals surface area contributed by atoms with Crippen LogP contribution in [-0.2, 0) is 9.59 Å². The lowest BCUT2D eigenvalue weighted by Crippen LogP contribution is -2.31. The molecule has 0 saturated heterocycles. The molecule has 11 heteroatoms. The highest BCUT2D eigenvalue weighted by molar-refractivity contribution is 9.10. The molecule has 0 aliphatic rings. The van der Waals surface area contributed by atoms with Crippen molar-refractivity contribution in [3.8, 4) is 0 Å². The number of thioether (sulfide) groups is 1. The van der Waals surface area contributed by atoms with Gasteiger partial charge in [0.2, 0.25) is 5.91 Å². The molecule has 7 nitrogen and oxygen atoms in total. The standard InChI is InChI=1S/C28H22BrFN4O3S2/c1-17-15-39-28(31-17)34-25(35)16-38-21-12-10-20(11-13-21)32-27(37)24(14-18-6-8-19(29)9-7-18)33-26(36)22-4-2-3-5-23(22)30/h2-15H,16H2,1H3,(H,32,37)(H,33,36)(H,31,34,35). The second-order valence-corrected chi connectivity index (χ2v) is 11.0. The molecule has 4 rings (SSSR count). The van der Waals surface area contributed by atoms with Gasteiger partial charge in [-0.1, -0.05) is 40.2 Å². The van der Waals surface area contributed by atoms with E-state index >= 15 is 0 Å². The Morgan fingerprint density at radius 1 is 1.00 bits per heavy atom. The summed E-state index contributed by atoms with van der Waals surface area (Å²) in [7, 11) is 0. The summed E-state index contributed by atoms with van der Waals surface area (Å²) in [4.78, 5) is 43.1. The summed E-state index contributed by atoms with van der Waals surface area (Å²) < 4.78 is 15.0. The zero-order chi connectivity index (χ0) is 27.8. The Morgan fingerprint density at radius 2 is 1.72 bits per heavy atom. The summed E-state index contributed by atoms with van der Waals surface area (Å²) in [6.45, 7) is 1.86. The third-order valence-corrected chi connectivity index (χ3v) is 7.56. The van der Waals surface area contributed by atoms with E-state index in [9.17, 15) is 18.8 Å². The van der Waals surface area contributed by atoms with Gasteiger partial charge in [0, 0.05) is 20.4 Å². The van der Waals surface area contributed by atoms with Crippen molar-refractivity contribution in [2.45, 2.75) is 11.8 Å². The summed E-state index contributed by atoms with van der Waals surface area (Å²) in [6, 6.07) is 19.6. The van der Waals surface area contributed by atoms with Gasteiger partial charge in [-0.05, 0) is 67.1 Å². The Labute approximate surface area is 241 Å². The Bertz CT molecular complexity index is 1520. The predicted octanol–water partition coefficient (Wildman–Crippen LogP) is 6.49. The van der Waals surface area contributed by atoms with Crippen LogP contribution in [-0.4, -0.2) is 28.5 Å². The number of nitrogens with zero attached hydrogens (tertiary/aromatic N) is 1. The molecule has 0 aliphatic carbocycles. The highest BCUT2D eigenvalue weighted by Gasteiger charge is 2.17. The van der Waals surface area contributed by atoms with Gasteiger partial charge in [0.25, 0.3) is 11.8 Å². The van der Waals surface area contributed by atoms with E-state index in [0.29, 0.717) is 16.4 Å². The van der Waals surface area contributed by atoms with E-state index in [4.69, 9.17) is 0 Å². The molecule has 0 radical (unpaired) electrons. The number of thiazole rings is 1. The number of carbonyl (C=O) groups is 3. The van der Waals surface area contributed by atoms with Gasteiger partial charge in [0.1, 0.15) is 11.5 Å². The summed E-state index contributed by atoms with van der Waals surface area (Å²) in [5.41, 5.74) is 1.76. The van der Waals surface area contributed by atoms with Crippen molar-refractivity contribution in [3.63, 3.8) is 0 Å². The van der Waals surface area contributed by atoms with Crippen molar-refractivity contribution in [1.29, 1.82) is 0 Å². The molecule has 0 fully saturated rings. The van der Waals surface area contributed by atoms with Crippen molar-refractivity contribution < 1.29 is 18.8 Å². The minimum absolute atomic E-state index is 0.0573. The van der Waals surface area contributed by atoms with Crippen LogP contribution in [0.15, 0.2) is 93.2 Å². The first-order valence-electron chi connectivity index (χ1n) is 11.6. The largest absolute Gasteiger partial charge is 0.321 e. The van der Waals surface area contributed by atoms with Gasteiger partial charge in [-0.15, -0.1) is 23.1 Å². The Kier molecular flexibility index (Phi) is 9.64. The van der Waals surface area contributed by atoms with Crippen molar-refractivity contribution in [1.82, 2.24) is 10.3 Å². The van der Waals surface area contributed by atoms with Gasteiger partial charge in [-0.25, -0.2) is 9.37 Å². The highest BCUT2D eigenvalue weighted by atomic mass is 79.9. The zero-order valence-corrected chi connectivity index (χ0v) is 23.8. The normalized spacial score (nSPS) is 11.1. The minimum atomic E-state index is -0.746. The molecule has 4 aromatic rings. The molecule has 0 aliphatic heterocycles. The SMILES string of the molecule is Cc1csc(NC(=O)CSc2ccc(NC(=O)C(=Cc3ccc(Br)cc3)NC(=O)c3ccccc3F)cc2)n1. The smallest absolute Gasteiger partial charge is 0.272 e. The van der Waals surface area contributed by atoms with Gasteiger partial charge < -0.3 is 16.0 Å². The van der Waals surface area contributed by atoms with E-state index in [0.717, 1.165) is 15.1 Å². The van der Waals surface area contributed by atoms with E-state index in [-0.39, 0.29) is 22.9 Å².